The van der Waals surface area contributed by atoms with Crippen LogP contribution in [0.1, 0.15) is 82.6 Å². The summed E-state index contributed by atoms with van der Waals surface area (Å²) in [6.45, 7) is 3.38. The number of hydrogen-bond donors (Lipinski definition) is 0. The molecule has 1 saturated heterocycles. The fraction of sp³-hybridized carbons (Fsp3) is 0.750. The minimum absolute atomic E-state index is 0.555. The maximum atomic E-state index is 5.38. The highest BCUT2D eigenvalue weighted by molar-refractivity contribution is 5.84. The Morgan fingerprint density at radius 2 is 1.66 bits per heavy atom. The van der Waals surface area contributed by atoms with E-state index in [4.69, 9.17) is 9.73 Å². The Bertz CT molecular complexity index is 748. The quantitative estimate of drug-likeness (QED) is 0.507. The lowest BCUT2D eigenvalue weighted by molar-refractivity contribution is 0.206. The molecular weight excluding hydrogens is 394 g/mol. The van der Waals surface area contributed by atoms with Gasteiger partial charge in [-0.15, -0.1) is 0 Å². The lowest BCUT2D eigenvalue weighted by atomic mass is 9.83. The van der Waals surface area contributed by atoms with E-state index in [1.165, 1.54) is 95.1 Å². The molecule has 4 heteroatoms. The molecule has 0 bridgehead atoms. The molecule has 176 valence electrons. The van der Waals surface area contributed by atoms with Crippen LogP contribution < -0.4 is 4.74 Å². The predicted molar refractivity (Wildman–Crippen MR) is 132 cm³/mol. The van der Waals surface area contributed by atoms with Gasteiger partial charge in [0.15, 0.2) is 5.96 Å². The molecule has 0 aromatic heterocycles. The van der Waals surface area contributed by atoms with E-state index >= 15 is 0 Å². The van der Waals surface area contributed by atoms with Crippen molar-refractivity contribution in [2.75, 3.05) is 26.7 Å². The lowest BCUT2D eigenvalue weighted by Gasteiger charge is -2.33. The van der Waals surface area contributed by atoms with Gasteiger partial charge in [-0.25, -0.2) is 0 Å². The van der Waals surface area contributed by atoms with E-state index in [-0.39, 0.29) is 0 Å². The monoisotopic (exact) mass is 437 g/mol. The fourth-order valence-corrected chi connectivity index (χ4v) is 6.91. The van der Waals surface area contributed by atoms with Gasteiger partial charge in [-0.3, -0.25) is 4.99 Å². The number of methoxy groups -OCH3 is 1. The fourth-order valence-electron chi connectivity index (χ4n) is 6.91. The maximum Gasteiger partial charge on any atom is 0.197 e. The summed E-state index contributed by atoms with van der Waals surface area (Å²) >= 11 is 0. The van der Waals surface area contributed by atoms with E-state index in [1.807, 2.05) is 0 Å². The minimum Gasteiger partial charge on any atom is -0.497 e. The van der Waals surface area contributed by atoms with E-state index in [1.54, 1.807) is 7.11 Å². The Labute approximate surface area is 195 Å². The van der Waals surface area contributed by atoms with E-state index < -0.39 is 0 Å². The van der Waals surface area contributed by atoms with Crippen molar-refractivity contribution < 1.29 is 4.74 Å². The van der Waals surface area contributed by atoms with Crippen LogP contribution in [-0.2, 0) is 6.42 Å². The van der Waals surface area contributed by atoms with Crippen LogP contribution >= 0.6 is 0 Å². The molecule has 4 nitrogen and oxygen atoms in total. The van der Waals surface area contributed by atoms with E-state index in [2.05, 4.69) is 34.1 Å². The van der Waals surface area contributed by atoms with Crippen LogP contribution in [-0.4, -0.2) is 54.6 Å². The summed E-state index contributed by atoms with van der Waals surface area (Å²) in [5.74, 6) is 4.12. The summed E-state index contributed by atoms with van der Waals surface area (Å²) in [7, 11) is 1.75. The molecule has 0 N–H and O–H groups in total. The molecule has 2 heterocycles. The molecule has 2 aliphatic carbocycles. The average molecular weight is 438 g/mol. The van der Waals surface area contributed by atoms with Gasteiger partial charge in [-0.1, -0.05) is 63.5 Å². The van der Waals surface area contributed by atoms with Crippen molar-refractivity contribution in [2.24, 2.45) is 16.8 Å². The van der Waals surface area contributed by atoms with Gasteiger partial charge in [-0.2, -0.15) is 0 Å². The third-order valence-electron chi connectivity index (χ3n) is 8.74. The zero-order valence-corrected chi connectivity index (χ0v) is 20.2. The molecule has 1 aromatic carbocycles. The first-order valence-electron chi connectivity index (χ1n) is 13.5. The van der Waals surface area contributed by atoms with Gasteiger partial charge in [0.05, 0.1) is 25.7 Å². The third-order valence-corrected chi connectivity index (χ3v) is 8.74. The third kappa shape index (κ3) is 4.94. The lowest BCUT2D eigenvalue weighted by Crippen LogP contribution is -2.41. The average Bonchev–Trinajstić information content (AvgIpc) is 3.40. The molecule has 4 aliphatic rings. The van der Waals surface area contributed by atoms with E-state index in [0.29, 0.717) is 12.1 Å². The number of hydrogen-bond acceptors (Lipinski definition) is 4. The number of nitrogens with zero attached hydrogens (tertiary/aromatic N) is 3. The summed E-state index contributed by atoms with van der Waals surface area (Å²) in [5.41, 5.74) is 1.42. The number of ether oxygens (including phenoxy) is 1. The molecule has 2 atom stereocenters. The number of rotatable bonds is 8. The van der Waals surface area contributed by atoms with Crippen molar-refractivity contribution in [3.05, 3.63) is 29.8 Å². The largest absolute Gasteiger partial charge is 0.497 e. The van der Waals surface area contributed by atoms with Gasteiger partial charge >= 0.3 is 0 Å². The Morgan fingerprint density at radius 1 is 0.938 bits per heavy atom. The van der Waals surface area contributed by atoms with Crippen molar-refractivity contribution >= 4 is 5.96 Å². The molecule has 0 unspecified atom stereocenters. The first kappa shape index (κ1) is 22.1. The Morgan fingerprint density at radius 3 is 2.38 bits per heavy atom. The summed E-state index contributed by atoms with van der Waals surface area (Å²) in [6, 6.07) is 9.95. The molecule has 5 rings (SSSR count). The zero-order valence-electron chi connectivity index (χ0n) is 20.2. The van der Waals surface area contributed by atoms with Gasteiger partial charge in [0.2, 0.25) is 0 Å². The number of fused-ring (bicyclic) bond motifs is 1. The maximum absolute atomic E-state index is 5.38. The van der Waals surface area contributed by atoms with Gasteiger partial charge in [0.1, 0.15) is 5.75 Å². The normalized spacial score (nSPS) is 27.0. The smallest absolute Gasteiger partial charge is 0.197 e. The van der Waals surface area contributed by atoms with Crippen LogP contribution in [0.25, 0.3) is 0 Å². The topological polar surface area (TPSA) is 28.1 Å². The van der Waals surface area contributed by atoms with E-state index in [9.17, 15) is 0 Å². The first-order chi connectivity index (χ1) is 15.8. The highest BCUT2D eigenvalue weighted by Gasteiger charge is 2.44. The SMILES string of the molecule is COc1ccc(C[C@@H]2CN3C(=NC[C@@H]3C3CCCCC3)N2CCCC2CCCCC2)cc1. The first-order valence-corrected chi connectivity index (χ1v) is 13.5. The molecular formula is C28H43N3O. The van der Waals surface area contributed by atoms with Crippen LogP contribution in [0.3, 0.4) is 0 Å². The number of benzene rings is 1. The Hall–Kier alpha value is -1.71. The van der Waals surface area contributed by atoms with Crippen molar-refractivity contribution in [3.8, 4) is 5.75 Å². The van der Waals surface area contributed by atoms with Crippen LogP contribution in [0.15, 0.2) is 29.3 Å². The zero-order chi connectivity index (χ0) is 21.8. The van der Waals surface area contributed by atoms with Gasteiger partial charge in [0, 0.05) is 13.1 Å². The molecule has 0 radical (unpaired) electrons. The van der Waals surface area contributed by atoms with Gasteiger partial charge in [-0.05, 0) is 61.6 Å². The summed E-state index contributed by atoms with van der Waals surface area (Å²) < 4.78 is 5.38. The number of aliphatic imine (C=N–C) groups is 1. The summed E-state index contributed by atoms with van der Waals surface area (Å²) in [5, 5.41) is 0. The second-order valence-corrected chi connectivity index (χ2v) is 10.8. The van der Waals surface area contributed by atoms with Crippen molar-refractivity contribution in [1.82, 2.24) is 9.80 Å². The Balaban J connectivity index is 1.26. The molecule has 2 saturated carbocycles. The number of guanidine groups is 1. The van der Waals surface area contributed by atoms with E-state index in [0.717, 1.165) is 37.1 Å². The molecule has 32 heavy (non-hydrogen) atoms. The molecule has 0 spiro atoms. The van der Waals surface area contributed by atoms with Crippen molar-refractivity contribution in [1.29, 1.82) is 0 Å². The second-order valence-electron chi connectivity index (χ2n) is 10.8. The molecule has 2 aliphatic heterocycles. The summed E-state index contributed by atoms with van der Waals surface area (Å²) in [4.78, 5) is 10.6. The van der Waals surface area contributed by atoms with Crippen LogP contribution in [0, 0.1) is 11.8 Å². The second kappa shape index (κ2) is 10.5. The molecule has 1 aromatic rings. The van der Waals surface area contributed by atoms with Gasteiger partial charge in [0.25, 0.3) is 0 Å². The molecule has 3 fully saturated rings. The van der Waals surface area contributed by atoms with Crippen LogP contribution in [0.5, 0.6) is 5.75 Å². The highest BCUT2D eigenvalue weighted by atomic mass is 16.5. The standard InChI is InChI=1S/C28H43N3O/c1-32-26-16-14-23(15-17-26)19-25-21-31-27(24-12-6-3-7-13-24)20-29-28(31)30(25)18-8-11-22-9-4-2-5-10-22/h14-17,22,24-25,27H,2-13,18-21H2,1H3/t25-,27-/m1/s1. The van der Waals surface area contributed by atoms with Crippen LogP contribution in [0.4, 0.5) is 0 Å². The van der Waals surface area contributed by atoms with Crippen molar-refractivity contribution in [2.45, 2.75) is 95.6 Å². The highest BCUT2D eigenvalue weighted by Crippen LogP contribution is 2.36. The van der Waals surface area contributed by atoms with Gasteiger partial charge < -0.3 is 14.5 Å². The Kier molecular flexibility index (Phi) is 7.24. The molecule has 0 amide bonds. The van der Waals surface area contributed by atoms with Crippen molar-refractivity contribution in [3.63, 3.8) is 0 Å². The van der Waals surface area contributed by atoms with Crippen LogP contribution in [0.2, 0.25) is 0 Å². The minimum atomic E-state index is 0.555. The predicted octanol–water partition coefficient (Wildman–Crippen LogP) is 5.90. The summed E-state index contributed by atoms with van der Waals surface area (Å²) in [6.07, 6.45) is 18.2.